The molecule has 2 heteroatoms. The number of hydrogen-bond donors (Lipinski definition) is 0. The molecule has 94 valence electrons. The molecule has 1 aliphatic rings. The minimum atomic E-state index is 1.04. The molecule has 0 aromatic carbocycles. The molecule has 0 spiro atoms. The molecule has 0 atom stereocenters. The lowest BCUT2D eigenvalue weighted by atomic mass is 10.00. The third-order valence-corrected chi connectivity index (χ3v) is 4.07. The van der Waals surface area contributed by atoms with Crippen molar-refractivity contribution in [1.29, 1.82) is 0 Å². The lowest BCUT2D eigenvalue weighted by Crippen LogP contribution is -1.97. The lowest BCUT2D eigenvalue weighted by molar-refractivity contribution is 0.899. The second kappa shape index (κ2) is 6.85. The molecule has 1 heterocycles. The van der Waals surface area contributed by atoms with Crippen LogP contribution >= 0.6 is 11.8 Å². The SMILES string of the molecule is CC/C=C/N=C1/SC(C)=C(C)/C1=C(/C)CCC. The Morgan fingerprint density at radius 1 is 1.29 bits per heavy atom. The summed E-state index contributed by atoms with van der Waals surface area (Å²) in [6.07, 6.45) is 7.44. The molecule has 0 aliphatic carbocycles. The van der Waals surface area contributed by atoms with E-state index in [1.54, 1.807) is 11.8 Å². The third kappa shape index (κ3) is 3.60. The lowest BCUT2D eigenvalue weighted by Gasteiger charge is -2.07. The van der Waals surface area contributed by atoms with Crippen LogP contribution in [0.15, 0.2) is 38.9 Å². The first-order valence-corrected chi connectivity index (χ1v) is 7.22. The van der Waals surface area contributed by atoms with E-state index in [4.69, 9.17) is 0 Å². The predicted molar refractivity (Wildman–Crippen MR) is 80.4 cm³/mol. The van der Waals surface area contributed by atoms with E-state index in [2.05, 4.69) is 45.7 Å². The highest BCUT2D eigenvalue weighted by molar-refractivity contribution is 8.18. The van der Waals surface area contributed by atoms with Crippen LogP contribution in [0.4, 0.5) is 0 Å². The standard InChI is InChI=1S/C15H23NS/c1-6-8-10-16-15-14(11(3)9-7-2)12(4)13(5)17-15/h8,10H,6-7,9H2,1-5H3/b10-8+,14-11+,16-15+. The van der Waals surface area contributed by atoms with Crippen molar-refractivity contribution in [1.82, 2.24) is 0 Å². The minimum absolute atomic E-state index is 1.04. The van der Waals surface area contributed by atoms with Crippen LogP contribution in [-0.2, 0) is 0 Å². The van der Waals surface area contributed by atoms with Crippen molar-refractivity contribution < 1.29 is 0 Å². The van der Waals surface area contributed by atoms with E-state index < -0.39 is 0 Å². The molecule has 0 radical (unpaired) electrons. The number of rotatable bonds is 4. The van der Waals surface area contributed by atoms with Crippen molar-refractivity contribution in [2.75, 3.05) is 0 Å². The maximum atomic E-state index is 4.60. The van der Waals surface area contributed by atoms with Gasteiger partial charge in [-0.25, -0.2) is 4.99 Å². The summed E-state index contributed by atoms with van der Waals surface area (Å²) < 4.78 is 0. The number of hydrogen-bond acceptors (Lipinski definition) is 2. The van der Waals surface area contributed by atoms with Crippen molar-refractivity contribution in [2.24, 2.45) is 4.99 Å². The molecule has 0 aromatic heterocycles. The number of thioether (sulfide) groups is 1. The van der Waals surface area contributed by atoms with Crippen molar-refractivity contribution in [3.05, 3.63) is 33.9 Å². The Kier molecular flexibility index (Phi) is 5.76. The summed E-state index contributed by atoms with van der Waals surface area (Å²) >= 11 is 1.81. The number of aliphatic imine (C=N–C) groups is 1. The Morgan fingerprint density at radius 2 is 2.00 bits per heavy atom. The zero-order chi connectivity index (χ0) is 12.8. The van der Waals surface area contributed by atoms with Gasteiger partial charge in [-0.05, 0) is 44.1 Å². The maximum absolute atomic E-state index is 4.60. The van der Waals surface area contributed by atoms with Gasteiger partial charge in [0.1, 0.15) is 5.04 Å². The van der Waals surface area contributed by atoms with Crippen LogP contribution in [0.1, 0.15) is 53.9 Å². The van der Waals surface area contributed by atoms with Crippen molar-refractivity contribution in [3.8, 4) is 0 Å². The highest BCUT2D eigenvalue weighted by Crippen LogP contribution is 2.39. The van der Waals surface area contributed by atoms with Gasteiger partial charge in [0.05, 0.1) is 0 Å². The quantitative estimate of drug-likeness (QED) is 0.644. The largest absolute Gasteiger partial charge is 0.249 e. The average Bonchev–Trinajstić information content (AvgIpc) is 2.56. The Labute approximate surface area is 110 Å². The molecular weight excluding hydrogens is 226 g/mol. The Bertz CT molecular complexity index is 397. The third-order valence-electron chi connectivity index (χ3n) is 2.95. The van der Waals surface area contributed by atoms with Gasteiger partial charge in [0.2, 0.25) is 0 Å². The molecule has 1 nitrogen and oxygen atoms in total. The first kappa shape index (κ1) is 14.3. The van der Waals surface area contributed by atoms with Gasteiger partial charge in [0.15, 0.2) is 0 Å². The van der Waals surface area contributed by atoms with Crippen LogP contribution in [0, 0.1) is 0 Å². The van der Waals surface area contributed by atoms with E-state index in [1.165, 1.54) is 33.1 Å². The highest BCUT2D eigenvalue weighted by atomic mass is 32.2. The zero-order valence-electron chi connectivity index (χ0n) is 11.6. The van der Waals surface area contributed by atoms with Crippen LogP contribution in [0.25, 0.3) is 0 Å². The van der Waals surface area contributed by atoms with Crippen molar-refractivity contribution in [2.45, 2.75) is 53.9 Å². The molecule has 0 saturated heterocycles. The second-order valence-electron chi connectivity index (χ2n) is 4.42. The Morgan fingerprint density at radius 3 is 2.59 bits per heavy atom. The second-order valence-corrected chi connectivity index (χ2v) is 5.62. The Hall–Kier alpha value is -0.760. The first-order valence-electron chi connectivity index (χ1n) is 6.40. The van der Waals surface area contributed by atoms with Gasteiger partial charge in [-0.1, -0.05) is 43.7 Å². The normalized spacial score (nSPS) is 22.1. The molecule has 0 amide bonds. The van der Waals surface area contributed by atoms with Gasteiger partial charge < -0.3 is 0 Å². The topological polar surface area (TPSA) is 12.4 Å². The van der Waals surface area contributed by atoms with Crippen LogP contribution in [-0.4, -0.2) is 5.04 Å². The van der Waals surface area contributed by atoms with Gasteiger partial charge >= 0.3 is 0 Å². The molecule has 1 aliphatic heterocycles. The molecule has 0 aromatic rings. The molecule has 1 rings (SSSR count). The van der Waals surface area contributed by atoms with Crippen LogP contribution < -0.4 is 0 Å². The van der Waals surface area contributed by atoms with Gasteiger partial charge in [-0.2, -0.15) is 0 Å². The summed E-state index contributed by atoms with van der Waals surface area (Å²) in [6, 6.07) is 0. The van der Waals surface area contributed by atoms with E-state index in [0.29, 0.717) is 0 Å². The molecule has 0 saturated carbocycles. The summed E-state index contributed by atoms with van der Waals surface area (Å²) in [6.45, 7) is 11.0. The fraction of sp³-hybridized carbons (Fsp3) is 0.533. The molecular formula is C15H23NS. The van der Waals surface area contributed by atoms with Gasteiger partial charge in [0.25, 0.3) is 0 Å². The number of nitrogens with zero attached hydrogens (tertiary/aromatic N) is 1. The number of allylic oxidation sites excluding steroid dienone is 4. The van der Waals surface area contributed by atoms with Crippen LogP contribution in [0.2, 0.25) is 0 Å². The van der Waals surface area contributed by atoms with Gasteiger partial charge in [0, 0.05) is 11.8 Å². The fourth-order valence-corrected chi connectivity index (χ4v) is 3.02. The molecule has 0 N–H and O–H groups in total. The molecule has 17 heavy (non-hydrogen) atoms. The summed E-state index contributed by atoms with van der Waals surface area (Å²) in [7, 11) is 0. The van der Waals surface area contributed by atoms with E-state index >= 15 is 0 Å². The average molecular weight is 249 g/mol. The van der Waals surface area contributed by atoms with E-state index in [1.807, 2.05) is 6.20 Å². The van der Waals surface area contributed by atoms with E-state index in [0.717, 1.165) is 12.8 Å². The van der Waals surface area contributed by atoms with Crippen molar-refractivity contribution in [3.63, 3.8) is 0 Å². The maximum Gasteiger partial charge on any atom is 0.108 e. The smallest absolute Gasteiger partial charge is 0.108 e. The van der Waals surface area contributed by atoms with E-state index in [9.17, 15) is 0 Å². The van der Waals surface area contributed by atoms with Crippen molar-refractivity contribution >= 4 is 16.8 Å². The summed E-state index contributed by atoms with van der Waals surface area (Å²) in [5.41, 5.74) is 4.26. The minimum Gasteiger partial charge on any atom is -0.249 e. The molecule has 0 bridgehead atoms. The van der Waals surface area contributed by atoms with Gasteiger partial charge in [-0.3, -0.25) is 0 Å². The first-order chi connectivity index (χ1) is 8.11. The van der Waals surface area contributed by atoms with Gasteiger partial charge in [-0.15, -0.1) is 0 Å². The highest BCUT2D eigenvalue weighted by Gasteiger charge is 2.22. The van der Waals surface area contributed by atoms with Crippen LogP contribution in [0.3, 0.4) is 0 Å². The summed E-state index contributed by atoms with van der Waals surface area (Å²) in [4.78, 5) is 5.99. The Balaban J connectivity index is 3.06. The monoisotopic (exact) mass is 249 g/mol. The zero-order valence-corrected chi connectivity index (χ0v) is 12.4. The molecule has 0 unspecified atom stereocenters. The van der Waals surface area contributed by atoms with E-state index in [-0.39, 0.29) is 0 Å². The molecule has 0 fully saturated rings. The fourth-order valence-electron chi connectivity index (χ4n) is 1.93. The summed E-state index contributed by atoms with van der Waals surface area (Å²) in [5, 5.41) is 1.18. The predicted octanol–water partition coefficient (Wildman–Crippen LogP) is 5.47. The van der Waals surface area contributed by atoms with Crippen LogP contribution in [0.5, 0.6) is 0 Å². The summed E-state index contributed by atoms with van der Waals surface area (Å²) in [5.74, 6) is 0.